The Hall–Kier alpha value is -2.86. The third-order valence-electron chi connectivity index (χ3n) is 3.61. The molecule has 0 aliphatic heterocycles. The molecule has 0 aliphatic carbocycles. The predicted molar refractivity (Wildman–Crippen MR) is 96.3 cm³/mol. The average molecular weight is 357 g/mol. The number of hydrogen-bond acceptors (Lipinski definition) is 4. The van der Waals surface area contributed by atoms with Crippen LogP contribution in [0.1, 0.15) is 21.5 Å². The van der Waals surface area contributed by atoms with E-state index in [0.717, 1.165) is 0 Å². The van der Waals surface area contributed by atoms with Crippen molar-refractivity contribution in [3.05, 3.63) is 70.9 Å². The van der Waals surface area contributed by atoms with E-state index in [9.17, 15) is 4.79 Å². The molecule has 7 heteroatoms. The van der Waals surface area contributed by atoms with E-state index in [-0.39, 0.29) is 11.1 Å². The first-order valence-corrected chi connectivity index (χ1v) is 8.01. The highest BCUT2D eigenvalue weighted by atomic mass is 35.5. The molecular formula is C18H17ClN4O2. The first-order valence-electron chi connectivity index (χ1n) is 7.63. The van der Waals surface area contributed by atoms with E-state index in [4.69, 9.17) is 16.3 Å². The fourth-order valence-corrected chi connectivity index (χ4v) is 2.60. The van der Waals surface area contributed by atoms with Crippen LogP contribution in [0.2, 0.25) is 5.15 Å². The van der Waals surface area contributed by atoms with Crippen LogP contribution in [-0.2, 0) is 6.54 Å². The fourth-order valence-electron chi connectivity index (χ4n) is 2.42. The number of imidazole rings is 1. The number of carbonyl (C=O) groups is 1. The van der Waals surface area contributed by atoms with Crippen LogP contribution in [0.5, 0.6) is 5.75 Å². The molecule has 0 fully saturated rings. The molecule has 3 rings (SSSR count). The number of nitrogens with zero attached hydrogens (tertiary/aromatic N) is 3. The summed E-state index contributed by atoms with van der Waals surface area (Å²) in [6, 6.07) is 9.78. The molecule has 2 heterocycles. The van der Waals surface area contributed by atoms with Gasteiger partial charge in [-0.25, -0.2) is 9.97 Å². The third-order valence-corrected chi connectivity index (χ3v) is 3.90. The summed E-state index contributed by atoms with van der Waals surface area (Å²) in [5.74, 6) is 0.481. The number of halogens is 1. The minimum Gasteiger partial charge on any atom is -0.493 e. The molecule has 0 aliphatic rings. The molecule has 2 aromatic heterocycles. The number of aromatic nitrogens is 3. The van der Waals surface area contributed by atoms with Crippen LogP contribution < -0.4 is 10.1 Å². The number of pyridine rings is 1. The maximum atomic E-state index is 12.3. The van der Waals surface area contributed by atoms with Crippen LogP contribution in [0.4, 0.5) is 5.82 Å². The summed E-state index contributed by atoms with van der Waals surface area (Å²) in [6.07, 6.45) is 4.85. The van der Waals surface area contributed by atoms with Gasteiger partial charge in [0.05, 0.1) is 19.0 Å². The zero-order valence-corrected chi connectivity index (χ0v) is 14.6. The Bertz CT molecular complexity index is 908. The second-order valence-corrected chi connectivity index (χ2v) is 5.95. The van der Waals surface area contributed by atoms with Gasteiger partial charge < -0.3 is 14.6 Å². The lowest BCUT2D eigenvalue weighted by Gasteiger charge is -2.06. The zero-order chi connectivity index (χ0) is 17.8. The number of rotatable bonds is 5. The summed E-state index contributed by atoms with van der Waals surface area (Å²) in [5.41, 5.74) is 2.71. The minimum absolute atomic E-state index is 0.210. The van der Waals surface area contributed by atoms with Gasteiger partial charge >= 0.3 is 0 Å². The van der Waals surface area contributed by atoms with E-state index < -0.39 is 0 Å². The summed E-state index contributed by atoms with van der Waals surface area (Å²) < 4.78 is 6.98. The Kier molecular flexibility index (Phi) is 5.00. The van der Waals surface area contributed by atoms with Gasteiger partial charge in [0.25, 0.3) is 5.91 Å². The highest BCUT2D eigenvalue weighted by Crippen LogP contribution is 2.22. The van der Waals surface area contributed by atoms with Crippen molar-refractivity contribution in [2.45, 2.75) is 13.5 Å². The molecule has 0 bridgehead atoms. The first kappa shape index (κ1) is 17.0. The summed E-state index contributed by atoms with van der Waals surface area (Å²) in [4.78, 5) is 20.5. The van der Waals surface area contributed by atoms with Crippen molar-refractivity contribution in [3.8, 4) is 5.75 Å². The summed E-state index contributed by atoms with van der Waals surface area (Å²) in [6.45, 7) is 2.73. The number of carbonyl (C=O) groups excluding carboxylic acids is 1. The Morgan fingerprint density at radius 1 is 1.32 bits per heavy atom. The smallest absolute Gasteiger partial charge is 0.258 e. The molecule has 1 N–H and O–H groups in total. The van der Waals surface area contributed by atoms with Crippen molar-refractivity contribution in [1.29, 1.82) is 0 Å². The fraction of sp³-hybridized carbons (Fsp3) is 0.167. The van der Waals surface area contributed by atoms with Crippen molar-refractivity contribution >= 4 is 23.3 Å². The van der Waals surface area contributed by atoms with Gasteiger partial charge in [-0.3, -0.25) is 4.79 Å². The number of anilines is 1. The molecule has 6 nitrogen and oxygen atoms in total. The Morgan fingerprint density at radius 2 is 2.16 bits per heavy atom. The Balaban J connectivity index is 1.69. The van der Waals surface area contributed by atoms with Crippen molar-refractivity contribution in [3.63, 3.8) is 0 Å². The van der Waals surface area contributed by atoms with E-state index in [2.05, 4.69) is 40.4 Å². The zero-order valence-electron chi connectivity index (χ0n) is 13.9. The van der Waals surface area contributed by atoms with E-state index >= 15 is 0 Å². The van der Waals surface area contributed by atoms with Gasteiger partial charge in [-0.15, -0.1) is 0 Å². The normalized spacial score (nSPS) is 10.5. The topological polar surface area (TPSA) is 69.0 Å². The second kappa shape index (κ2) is 7.36. The predicted octanol–water partition coefficient (Wildman–Crippen LogP) is 3.55. The Labute approximate surface area is 150 Å². The maximum absolute atomic E-state index is 12.3. The number of aryl methyl sites for hydroxylation is 1. The molecule has 0 atom stereocenters. The van der Waals surface area contributed by atoms with Crippen molar-refractivity contribution in [2.24, 2.45) is 0 Å². The van der Waals surface area contributed by atoms with Gasteiger partial charge in [0, 0.05) is 18.9 Å². The quantitative estimate of drug-likeness (QED) is 0.710. The maximum Gasteiger partial charge on any atom is 0.258 e. The molecule has 0 radical (unpaired) electrons. The largest absolute Gasteiger partial charge is 0.493 e. The molecule has 3 aromatic rings. The van der Waals surface area contributed by atoms with E-state index in [1.54, 1.807) is 12.5 Å². The van der Waals surface area contributed by atoms with Crippen LogP contribution in [0, 0.1) is 6.92 Å². The second-order valence-electron chi connectivity index (χ2n) is 5.59. The summed E-state index contributed by atoms with van der Waals surface area (Å²) in [7, 11) is 1.47. The number of amides is 1. The Morgan fingerprint density at radius 3 is 2.92 bits per heavy atom. The van der Waals surface area contributed by atoms with Gasteiger partial charge in [0.1, 0.15) is 0 Å². The standard InChI is InChI=1S/C18H17ClN4O2/c1-12-4-3-5-13(6-12)9-23-10-16(21-11-23)22-18(24)14-7-15(25-2)17(19)20-8-14/h3-8,10-11H,9H2,1-2H3,(H,22,24). The number of ether oxygens (including phenoxy) is 1. The molecular weight excluding hydrogens is 340 g/mol. The van der Waals surface area contributed by atoms with Gasteiger partial charge in [-0.2, -0.15) is 0 Å². The minimum atomic E-state index is -0.330. The van der Waals surface area contributed by atoms with Crippen LogP contribution in [0.15, 0.2) is 49.1 Å². The number of methoxy groups -OCH3 is 1. The van der Waals surface area contributed by atoms with Crippen LogP contribution >= 0.6 is 11.6 Å². The third kappa shape index (κ3) is 4.16. The van der Waals surface area contributed by atoms with Gasteiger partial charge in [-0.05, 0) is 18.6 Å². The van der Waals surface area contributed by atoms with Crippen molar-refractivity contribution in [2.75, 3.05) is 12.4 Å². The summed E-state index contributed by atoms with van der Waals surface area (Å²) >= 11 is 5.87. The van der Waals surface area contributed by atoms with Crippen LogP contribution in [-0.4, -0.2) is 27.6 Å². The molecule has 25 heavy (non-hydrogen) atoms. The molecule has 128 valence electrons. The van der Waals surface area contributed by atoms with Crippen molar-refractivity contribution in [1.82, 2.24) is 14.5 Å². The van der Waals surface area contributed by atoms with E-state index in [1.165, 1.54) is 30.5 Å². The first-order chi connectivity index (χ1) is 12.0. The number of benzene rings is 1. The molecule has 1 amide bonds. The van der Waals surface area contributed by atoms with Gasteiger partial charge in [-0.1, -0.05) is 41.4 Å². The lowest BCUT2D eigenvalue weighted by Crippen LogP contribution is -2.12. The molecule has 0 unspecified atom stereocenters. The number of hydrogen-bond donors (Lipinski definition) is 1. The molecule has 1 aromatic carbocycles. The van der Waals surface area contributed by atoms with E-state index in [1.807, 2.05) is 10.6 Å². The van der Waals surface area contributed by atoms with Crippen LogP contribution in [0.25, 0.3) is 0 Å². The molecule has 0 saturated heterocycles. The number of nitrogens with one attached hydrogen (secondary N) is 1. The van der Waals surface area contributed by atoms with Crippen LogP contribution in [0.3, 0.4) is 0 Å². The summed E-state index contributed by atoms with van der Waals surface area (Å²) in [5, 5.41) is 2.95. The molecule has 0 saturated carbocycles. The van der Waals surface area contributed by atoms with E-state index in [0.29, 0.717) is 23.7 Å². The lowest BCUT2D eigenvalue weighted by molar-refractivity contribution is 0.102. The highest BCUT2D eigenvalue weighted by molar-refractivity contribution is 6.30. The SMILES string of the molecule is COc1cc(C(=O)Nc2cn(Cc3cccc(C)c3)cn2)cnc1Cl. The van der Waals surface area contributed by atoms with Gasteiger partial charge in [0.15, 0.2) is 16.7 Å². The van der Waals surface area contributed by atoms with Gasteiger partial charge in [0.2, 0.25) is 0 Å². The monoisotopic (exact) mass is 356 g/mol. The molecule has 0 spiro atoms. The highest BCUT2D eigenvalue weighted by Gasteiger charge is 2.12. The lowest BCUT2D eigenvalue weighted by atomic mass is 10.1. The van der Waals surface area contributed by atoms with Crippen molar-refractivity contribution < 1.29 is 9.53 Å². The average Bonchev–Trinajstić information content (AvgIpc) is 3.02.